The highest BCUT2D eigenvalue weighted by atomic mass is 79.9. The fraction of sp³-hybridized carbons (Fsp3) is 0.500. The average Bonchev–Trinajstić information content (AvgIpc) is 2.54. The molecule has 1 fully saturated rings. The molecule has 0 spiro atoms. The summed E-state index contributed by atoms with van der Waals surface area (Å²) in [6.45, 7) is 2.58. The van der Waals surface area contributed by atoms with Crippen LogP contribution in [0.25, 0.3) is 0 Å². The Labute approximate surface area is 138 Å². The number of nitrogens with zero attached hydrogens (tertiary/aromatic N) is 1. The van der Waals surface area contributed by atoms with Crippen LogP contribution in [0.1, 0.15) is 43.0 Å². The van der Waals surface area contributed by atoms with Gasteiger partial charge in [0.15, 0.2) is 6.61 Å². The molecule has 0 saturated carbocycles. The van der Waals surface area contributed by atoms with Gasteiger partial charge in [-0.05, 0) is 43.9 Å². The van der Waals surface area contributed by atoms with Gasteiger partial charge in [0.05, 0.1) is 5.56 Å². The number of rotatable bonds is 4. The SMILES string of the molecule is CC[C@@H]1CCCCN1C(=O)COC(=O)c1cc(Br)ccc1N. The molecule has 5 nitrogen and oxygen atoms in total. The van der Waals surface area contributed by atoms with Crippen LogP contribution in [0.15, 0.2) is 22.7 Å². The Morgan fingerprint density at radius 1 is 1.41 bits per heavy atom. The highest BCUT2D eigenvalue weighted by molar-refractivity contribution is 9.10. The first kappa shape index (κ1) is 16.8. The number of esters is 1. The van der Waals surface area contributed by atoms with Gasteiger partial charge < -0.3 is 15.4 Å². The number of amides is 1. The monoisotopic (exact) mass is 368 g/mol. The number of carbonyl (C=O) groups excluding carboxylic acids is 2. The second kappa shape index (κ2) is 7.63. The van der Waals surface area contributed by atoms with Crippen LogP contribution in [-0.2, 0) is 9.53 Å². The number of piperidine rings is 1. The van der Waals surface area contributed by atoms with E-state index in [1.165, 1.54) is 0 Å². The zero-order chi connectivity index (χ0) is 16.1. The summed E-state index contributed by atoms with van der Waals surface area (Å²) in [6, 6.07) is 5.23. The molecule has 1 aliphatic heterocycles. The summed E-state index contributed by atoms with van der Waals surface area (Å²) in [6.07, 6.45) is 4.11. The number of nitrogen functional groups attached to an aromatic ring is 1. The molecule has 0 bridgehead atoms. The van der Waals surface area contributed by atoms with E-state index in [0.29, 0.717) is 5.69 Å². The van der Waals surface area contributed by atoms with Crippen LogP contribution in [0, 0.1) is 0 Å². The van der Waals surface area contributed by atoms with Crippen molar-refractivity contribution in [3.05, 3.63) is 28.2 Å². The molecule has 0 unspecified atom stereocenters. The van der Waals surface area contributed by atoms with Gasteiger partial charge in [-0.1, -0.05) is 22.9 Å². The summed E-state index contributed by atoms with van der Waals surface area (Å²) >= 11 is 3.29. The first-order valence-corrected chi connectivity index (χ1v) is 8.33. The maximum atomic E-state index is 12.3. The molecule has 1 aromatic rings. The molecule has 1 saturated heterocycles. The Morgan fingerprint density at radius 3 is 2.91 bits per heavy atom. The summed E-state index contributed by atoms with van der Waals surface area (Å²) in [4.78, 5) is 26.2. The predicted molar refractivity (Wildman–Crippen MR) is 88.5 cm³/mol. The van der Waals surface area contributed by atoms with Gasteiger partial charge in [-0.2, -0.15) is 0 Å². The van der Waals surface area contributed by atoms with E-state index < -0.39 is 5.97 Å². The maximum absolute atomic E-state index is 12.3. The van der Waals surface area contributed by atoms with Crippen LogP contribution in [0.4, 0.5) is 5.69 Å². The Balaban J connectivity index is 1.95. The van der Waals surface area contributed by atoms with Gasteiger partial charge in [0.2, 0.25) is 0 Å². The first-order valence-electron chi connectivity index (χ1n) is 7.54. The lowest BCUT2D eigenvalue weighted by Crippen LogP contribution is -2.45. The Hall–Kier alpha value is -1.56. The van der Waals surface area contributed by atoms with Crippen molar-refractivity contribution in [3.63, 3.8) is 0 Å². The van der Waals surface area contributed by atoms with E-state index in [0.717, 1.165) is 36.7 Å². The maximum Gasteiger partial charge on any atom is 0.340 e. The molecule has 1 heterocycles. The predicted octanol–water partition coefficient (Wildman–Crippen LogP) is 2.98. The molecule has 1 amide bonds. The van der Waals surface area contributed by atoms with Gasteiger partial charge in [0.1, 0.15) is 0 Å². The third-order valence-electron chi connectivity index (χ3n) is 3.98. The van der Waals surface area contributed by atoms with Crippen molar-refractivity contribution in [1.29, 1.82) is 0 Å². The lowest BCUT2D eigenvalue weighted by Gasteiger charge is -2.35. The van der Waals surface area contributed by atoms with Crippen LogP contribution >= 0.6 is 15.9 Å². The molecule has 1 aliphatic rings. The number of benzene rings is 1. The van der Waals surface area contributed by atoms with Gasteiger partial charge in [-0.15, -0.1) is 0 Å². The summed E-state index contributed by atoms with van der Waals surface area (Å²) in [7, 11) is 0. The minimum absolute atomic E-state index is 0.131. The summed E-state index contributed by atoms with van der Waals surface area (Å²) in [5.41, 5.74) is 6.38. The van der Waals surface area contributed by atoms with E-state index in [1.54, 1.807) is 18.2 Å². The van der Waals surface area contributed by atoms with Crippen molar-refractivity contribution in [1.82, 2.24) is 4.90 Å². The van der Waals surface area contributed by atoms with Crippen LogP contribution in [-0.4, -0.2) is 36.0 Å². The molecule has 1 atom stereocenters. The number of anilines is 1. The fourth-order valence-corrected chi connectivity index (χ4v) is 3.11. The van der Waals surface area contributed by atoms with Gasteiger partial charge in [0, 0.05) is 22.7 Å². The molecule has 0 radical (unpaired) electrons. The van der Waals surface area contributed by atoms with E-state index in [-0.39, 0.29) is 24.1 Å². The molecule has 0 aliphatic carbocycles. The molecule has 0 aromatic heterocycles. The average molecular weight is 369 g/mol. The highest BCUT2D eigenvalue weighted by Gasteiger charge is 2.26. The zero-order valence-corrected chi connectivity index (χ0v) is 14.3. The molecular weight excluding hydrogens is 348 g/mol. The topological polar surface area (TPSA) is 72.6 Å². The number of hydrogen-bond donors (Lipinski definition) is 1. The van der Waals surface area contributed by atoms with E-state index in [9.17, 15) is 9.59 Å². The summed E-state index contributed by atoms with van der Waals surface area (Å²) < 4.78 is 5.88. The minimum Gasteiger partial charge on any atom is -0.452 e. The number of ether oxygens (including phenoxy) is 1. The second-order valence-corrected chi connectivity index (χ2v) is 6.37. The molecule has 1 aromatic carbocycles. The van der Waals surface area contributed by atoms with E-state index in [2.05, 4.69) is 22.9 Å². The van der Waals surface area contributed by atoms with Crippen molar-refractivity contribution in [3.8, 4) is 0 Å². The number of hydrogen-bond acceptors (Lipinski definition) is 4. The van der Waals surface area contributed by atoms with Crippen molar-refractivity contribution in [2.75, 3.05) is 18.9 Å². The van der Waals surface area contributed by atoms with Crippen molar-refractivity contribution < 1.29 is 14.3 Å². The molecule has 2 rings (SSSR count). The smallest absolute Gasteiger partial charge is 0.340 e. The van der Waals surface area contributed by atoms with Gasteiger partial charge in [-0.3, -0.25) is 4.79 Å². The van der Waals surface area contributed by atoms with Crippen LogP contribution < -0.4 is 5.73 Å². The normalized spacial score (nSPS) is 18.1. The molecule has 2 N–H and O–H groups in total. The number of halogens is 1. The van der Waals surface area contributed by atoms with Crippen molar-refractivity contribution in [2.45, 2.75) is 38.6 Å². The van der Waals surface area contributed by atoms with Gasteiger partial charge >= 0.3 is 5.97 Å². The molecule has 6 heteroatoms. The van der Waals surface area contributed by atoms with E-state index >= 15 is 0 Å². The third-order valence-corrected chi connectivity index (χ3v) is 4.47. The first-order chi connectivity index (χ1) is 10.5. The highest BCUT2D eigenvalue weighted by Crippen LogP contribution is 2.21. The summed E-state index contributed by atoms with van der Waals surface area (Å²) in [5, 5.41) is 0. The number of nitrogens with two attached hydrogens (primary N) is 1. The molecule has 120 valence electrons. The Morgan fingerprint density at radius 2 is 2.18 bits per heavy atom. The quantitative estimate of drug-likeness (QED) is 0.654. The molecule has 22 heavy (non-hydrogen) atoms. The fourth-order valence-electron chi connectivity index (χ4n) is 2.75. The standard InChI is InChI=1S/C16H21BrN2O3/c1-2-12-5-3-4-8-19(12)15(20)10-22-16(21)13-9-11(17)6-7-14(13)18/h6-7,9,12H,2-5,8,10,18H2,1H3/t12-/m1/s1. The van der Waals surface area contributed by atoms with Crippen LogP contribution in [0.2, 0.25) is 0 Å². The Kier molecular flexibility index (Phi) is 5.83. The number of carbonyl (C=O) groups is 2. The Bertz CT molecular complexity index is 562. The van der Waals surface area contributed by atoms with Crippen LogP contribution in [0.5, 0.6) is 0 Å². The van der Waals surface area contributed by atoms with E-state index in [4.69, 9.17) is 10.5 Å². The molecular formula is C16H21BrN2O3. The summed E-state index contributed by atoms with van der Waals surface area (Å²) in [5.74, 6) is -0.703. The van der Waals surface area contributed by atoms with Crippen molar-refractivity contribution >= 4 is 33.5 Å². The largest absolute Gasteiger partial charge is 0.452 e. The van der Waals surface area contributed by atoms with Gasteiger partial charge in [0.25, 0.3) is 5.91 Å². The minimum atomic E-state index is -0.572. The third kappa shape index (κ3) is 4.00. The lowest BCUT2D eigenvalue weighted by atomic mass is 10.00. The van der Waals surface area contributed by atoms with Crippen molar-refractivity contribution in [2.24, 2.45) is 0 Å². The number of likely N-dealkylation sites (tertiary alicyclic amines) is 1. The lowest BCUT2D eigenvalue weighted by molar-refractivity contribution is -0.138. The van der Waals surface area contributed by atoms with Crippen LogP contribution in [0.3, 0.4) is 0 Å². The van der Waals surface area contributed by atoms with Gasteiger partial charge in [-0.25, -0.2) is 4.79 Å². The second-order valence-electron chi connectivity index (χ2n) is 5.45. The zero-order valence-electron chi connectivity index (χ0n) is 12.7. The van der Waals surface area contributed by atoms with E-state index in [1.807, 2.05) is 4.90 Å².